The van der Waals surface area contributed by atoms with Crippen molar-refractivity contribution in [3.05, 3.63) is 71.5 Å². The molecule has 0 atom stereocenters. The molecule has 3 heterocycles. The van der Waals surface area contributed by atoms with Crippen LogP contribution in [0.5, 0.6) is 0 Å². The molecule has 21 heavy (non-hydrogen) atoms. The molecule has 108 valence electrons. The lowest BCUT2D eigenvalue weighted by Crippen LogP contribution is -2.60. The van der Waals surface area contributed by atoms with Gasteiger partial charge in [0.05, 0.1) is 25.2 Å². The van der Waals surface area contributed by atoms with Gasteiger partial charge < -0.3 is 14.2 Å². The van der Waals surface area contributed by atoms with Crippen LogP contribution in [0.3, 0.4) is 0 Å². The van der Waals surface area contributed by atoms with Crippen molar-refractivity contribution in [2.24, 2.45) is 0 Å². The molecule has 0 N–H and O–H groups in total. The third-order valence-electron chi connectivity index (χ3n) is 4.20. The maximum absolute atomic E-state index is 13.1. The monoisotopic (exact) mass is 286 g/mol. The van der Waals surface area contributed by atoms with Crippen LogP contribution in [0.4, 0.5) is 4.39 Å². The lowest BCUT2D eigenvalue weighted by molar-refractivity contribution is -0.466. The Balaban J connectivity index is 1.63. The molecule has 3 aliphatic rings. The lowest BCUT2D eigenvalue weighted by atomic mass is 9.81. The van der Waals surface area contributed by atoms with Crippen LogP contribution < -0.4 is 0 Å². The van der Waals surface area contributed by atoms with Gasteiger partial charge in [-0.15, -0.1) is 0 Å². The zero-order valence-electron chi connectivity index (χ0n) is 11.4. The third-order valence-corrected chi connectivity index (χ3v) is 4.20. The van der Waals surface area contributed by atoms with Gasteiger partial charge in [-0.2, -0.15) is 0 Å². The summed E-state index contributed by atoms with van der Waals surface area (Å²) in [6.45, 7) is 1.57. The van der Waals surface area contributed by atoms with Gasteiger partial charge in [-0.05, 0) is 29.8 Å². The molecule has 0 aromatic heterocycles. The highest BCUT2D eigenvalue weighted by atomic mass is 19.1. The summed E-state index contributed by atoms with van der Waals surface area (Å²) in [6.07, 6.45) is 0. The van der Waals surface area contributed by atoms with Gasteiger partial charge in [0.15, 0.2) is 0 Å². The van der Waals surface area contributed by atoms with E-state index in [1.54, 1.807) is 12.1 Å². The van der Waals surface area contributed by atoms with E-state index in [2.05, 4.69) is 12.1 Å². The molecule has 3 nitrogen and oxygen atoms in total. The van der Waals surface area contributed by atoms with E-state index >= 15 is 0 Å². The van der Waals surface area contributed by atoms with Crippen LogP contribution in [0.1, 0.15) is 11.1 Å². The molecular formula is C17H15FO3. The topological polar surface area (TPSA) is 27.7 Å². The molecule has 5 rings (SSSR count). The minimum atomic E-state index is -1.19. The molecular weight excluding hydrogens is 271 g/mol. The molecule has 2 aromatic rings. The van der Waals surface area contributed by atoms with Crippen LogP contribution >= 0.6 is 0 Å². The second kappa shape index (κ2) is 4.63. The Kier molecular flexibility index (Phi) is 2.85. The number of ether oxygens (including phenoxy) is 3. The van der Waals surface area contributed by atoms with Gasteiger partial charge in [0, 0.05) is 5.56 Å². The summed E-state index contributed by atoms with van der Waals surface area (Å²) < 4.78 is 30.7. The highest BCUT2D eigenvalue weighted by Crippen LogP contribution is 2.45. The van der Waals surface area contributed by atoms with Crippen molar-refractivity contribution < 1.29 is 18.6 Å². The van der Waals surface area contributed by atoms with Gasteiger partial charge in [0.1, 0.15) is 5.82 Å². The van der Waals surface area contributed by atoms with Crippen LogP contribution in [0.15, 0.2) is 54.6 Å². The van der Waals surface area contributed by atoms with E-state index in [0.29, 0.717) is 25.4 Å². The van der Waals surface area contributed by atoms with Gasteiger partial charge in [0.2, 0.25) is 0 Å². The van der Waals surface area contributed by atoms with Gasteiger partial charge in [-0.25, -0.2) is 4.39 Å². The Hall–Kier alpha value is -1.75. The Morgan fingerprint density at radius 3 is 1.86 bits per heavy atom. The fourth-order valence-corrected chi connectivity index (χ4v) is 2.90. The maximum Gasteiger partial charge on any atom is 0.312 e. The molecule has 2 bridgehead atoms. The van der Waals surface area contributed by atoms with Crippen LogP contribution in [0.2, 0.25) is 0 Å². The van der Waals surface area contributed by atoms with Gasteiger partial charge in [0.25, 0.3) is 0 Å². The van der Waals surface area contributed by atoms with Crippen molar-refractivity contribution in [1.29, 1.82) is 0 Å². The van der Waals surface area contributed by atoms with Crippen molar-refractivity contribution in [1.82, 2.24) is 0 Å². The van der Waals surface area contributed by atoms with E-state index < -0.39 is 5.97 Å². The average molecular weight is 286 g/mol. The standard InChI is InChI=1S/C17H15FO3/c18-15-8-6-14(7-9-15)17-19-10-16(11-20-17,12-21-17)13-4-2-1-3-5-13/h1-9H,10-12H2. The Labute approximate surface area is 122 Å². The highest BCUT2D eigenvalue weighted by Gasteiger charge is 2.54. The number of hydrogen-bond donors (Lipinski definition) is 0. The summed E-state index contributed by atoms with van der Waals surface area (Å²) in [4.78, 5) is 0. The number of rotatable bonds is 2. The summed E-state index contributed by atoms with van der Waals surface area (Å²) in [5, 5.41) is 0. The smallest absolute Gasteiger partial charge is 0.312 e. The average Bonchev–Trinajstić information content (AvgIpc) is 2.58. The molecule has 3 saturated heterocycles. The molecule has 0 saturated carbocycles. The van der Waals surface area contributed by atoms with Crippen molar-refractivity contribution >= 4 is 0 Å². The maximum atomic E-state index is 13.1. The van der Waals surface area contributed by atoms with E-state index in [0.717, 1.165) is 5.56 Å². The van der Waals surface area contributed by atoms with Crippen molar-refractivity contribution in [3.63, 3.8) is 0 Å². The van der Waals surface area contributed by atoms with E-state index in [1.165, 1.54) is 12.1 Å². The van der Waals surface area contributed by atoms with Crippen molar-refractivity contribution in [2.45, 2.75) is 11.4 Å². The summed E-state index contributed by atoms with van der Waals surface area (Å²) in [6, 6.07) is 16.1. The molecule has 3 aliphatic heterocycles. The Morgan fingerprint density at radius 2 is 1.29 bits per heavy atom. The molecule has 0 aliphatic carbocycles. The molecule has 0 unspecified atom stereocenters. The Bertz CT molecular complexity index is 614. The molecule has 2 aromatic carbocycles. The summed E-state index contributed by atoms with van der Waals surface area (Å²) >= 11 is 0. The zero-order chi connectivity index (χ0) is 14.3. The lowest BCUT2D eigenvalue weighted by Gasteiger charge is -2.52. The first kappa shape index (κ1) is 13.0. The summed E-state index contributed by atoms with van der Waals surface area (Å²) in [5.74, 6) is -1.48. The van der Waals surface area contributed by atoms with Crippen LogP contribution in [0.25, 0.3) is 0 Å². The Morgan fingerprint density at radius 1 is 0.714 bits per heavy atom. The minimum absolute atomic E-state index is 0.261. The van der Waals surface area contributed by atoms with Gasteiger partial charge in [-0.3, -0.25) is 0 Å². The zero-order valence-corrected chi connectivity index (χ0v) is 11.4. The van der Waals surface area contributed by atoms with Crippen LogP contribution in [-0.2, 0) is 25.6 Å². The highest BCUT2D eigenvalue weighted by molar-refractivity contribution is 5.29. The molecule has 4 heteroatoms. The van der Waals surface area contributed by atoms with Crippen LogP contribution in [0, 0.1) is 5.82 Å². The molecule has 3 fully saturated rings. The fourth-order valence-electron chi connectivity index (χ4n) is 2.90. The van der Waals surface area contributed by atoms with E-state index in [9.17, 15) is 4.39 Å². The fraction of sp³-hybridized carbons (Fsp3) is 0.294. The third kappa shape index (κ3) is 1.99. The van der Waals surface area contributed by atoms with E-state index in [4.69, 9.17) is 14.2 Å². The molecule has 0 spiro atoms. The first-order valence-corrected chi connectivity index (χ1v) is 6.96. The number of hydrogen-bond acceptors (Lipinski definition) is 3. The predicted molar refractivity (Wildman–Crippen MR) is 74.1 cm³/mol. The number of halogens is 1. The first-order valence-electron chi connectivity index (χ1n) is 6.96. The van der Waals surface area contributed by atoms with Gasteiger partial charge in [-0.1, -0.05) is 30.3 Å². The number of benzene rings is 2. The van der Waals surface area contributed by atoms with E-state index in [1.807, 2.05) is 18.2 Å². The first-order chi connectivity index (χ1) is 10.2. The largest absolute Gasteiger partial charge is 0.322 e. The van der Waals surface area contributed by atoms with E-state index in [-0.39, 0.29) is 11.2 Å². The summed E-state index contributed by atoms with van der Waals surface area (Å²) in [5.41, 5.74) is 1.57. The predicted octanol–water partition coefficient (Wildman–Crippen LogP) is 2.95. The van der Waals surface area contributed by atoms with Crippen molar-refractivity contribution in [3.8, 4) is 0 Å². The van der Waals surface area contributed by atoms with Crippen LogP contribution in [-0.4, -0.2) is 19.8 Å². The number of fused-ring (bicyclic) bond motifs is 3. The molecule has 0 amide bonds. The minimum Gasteiger partial charge on any atom is -0.322 e. The second-order valence-electron chi connectivity index (χ2n) is 5.58. The summed E-state index contributed by atoms with van der Waals surface area (Å²) in [7, 11) is 0. The normalized spacial score (nSPS) is 31.3. The van der Waals surface area contributed by atoms with Gasteiger partial charge >= 0.3 is 5.97 Å². The van der Waals surface area contributed by atoms with Crippen molar-refractivity contribution in [2.75, 3.05) is 19.8 Å². The molecule has 0 radical (unpaired) electrons. The quantitative estimate of drug-likeness (QED) is 0.849. The second-order valence-corrected chi connectivity index (χ2v) is 5.58. The SMILES string of the molecule is Fc1ccc(C23OCC(c4ccccc4)(CO2)CO3)cc1.